The molecule has 5 nitrogen and oxygen atoms in total. The van der Waals surface area contributed by atoms with Crippen molar-refractivity contribution in [2.45, 2.75) is 43.6 Å². The number of ether oxygens (including phenoxy) is 2. The Kier molecular flexibility index (Phi) is 6.05. The van der Waals surface area contributed by atoms with Crippen molar-refractivity contribution >= 4 is 17.7 Å². The Hall–Kier alpha value is -2.21. The summed E-state index contributed by atoms with van der Waals surface area (Å²) in [6.07, 6.45) is 7.46. The molecule has 2 heterocycles. The lowest BCUT2D eigenvalue weighted by Crippen LogP contribution is -2.30. The van der Waals surface area contributed by atoms with Crippen molar-refractivity contribution in [3.05, 3.63) is 53.9 Å². The Bertz CT molecular complexity index is 809. The first-order valence-corrected chi connectivity index (χ1v) is 10.9. The van der Waals surface area contributed by atoms with E-state index in [2.05, 4.69) is 11.1 Å². The minimum absolute atomic E-state index is 0.00745. The summed E-state index contributed by atoms with van der Waals surface area (Å²) in [6.45, 7) is 0.665. The average Bonchev–Trinajstić information content (AvgIpc) is 3.37. The number of methoxy groups -OCH3 is 1. The van der Waals surface area contributed by atoms with Gasteiger partial charge >= 0.3 is 0 Å². The number of pyridine rings is 1. The van der Waals surface area contributed by atoms with Gasteiger partial charge in [-0.1, -0.05) is 12.1 Å². The van der Waals surface area contributed by atoms with Gasteiger partial charge in [0.05, 0.1) is 19.0 Å². The van der Waals surface area contributed by atoms with E-state index in [0.29, 0.717) is 12.3 Å². The number of carbonyl (C=O) groups is 1. The lowest BCUT2D eigenvalue weighted by atomic mass is 10.1. The largest absolute Gasteiger partial charge is 0.493 e. The standard InChI is InChI=1S/C22H26N2O3S/c1-26-19-10-9-16(14-20(19)27-18-7-2-3-8-18)22-24(21(25)15-28-22)13-11-17-6-4-5-12-23-17/h4-6,9-10,12,14,18,22H,2-3,7-8,11,13,15H2,1H3. The molecule has 0 spiro atoms. The Morgan fingerprint density at radius 2 is 2.04 bits per heavy atom. The van der Waals surface area contributed by atoms with Crippen LogP contribution in [0, 0.1) is 0 Å². The van der Waals surface area contributed by atoms with Gasteiger partial charge < -0.3 is 14.4 Å². The zero-order valence-corrected chi connectivity index (χ0v) is 17.0. The molecule has 1 saturated heterocycles. The summed E-state index contributed by atoms with van der Waals surface area (Å²) >= 11 is 1.67. The van der Waals surface area contributed by atoms with E-state index in [9.17, 15) is 4.79 Å². The fourth-order valence-corrected chi connectivity index (χ4v) is 5.09. The lowest BCUT2D eigenvalue weighted by molar-refractivity contribution is -0.128. The minimum Gasteiger partial charge on any atom is -0.493 e. The van der Waals surface area contributed by atoms with Gasteiger partial charge in [-0.25, -0.2) is 0 Å². The van der Waals surface area contributed by atoms with E-state index < -0.39 is 0 Å². The normalized spacial score (nSPS) is 20.0. The molecule has 148 valence electrons. The van der Waals surface area contributed by atoms with Crippen LogP contribution >= 0.6 is 11.8 Å². The predicted octanol–water partition coefficient (Wildman–Crippen LogP) is 4.23. The molecule has 1 aromatic heterocycles. The Morgan fingerprint density at radius 3 is 2.79 bits per heavy atom. The van der Waals surface area contributed by atoms with Gasteiger partial charge in [-0.05, 0) is 55.5 Å². The molecule has 2 aromatic rings. The van der Waals surface area contributed by atoms with Gasteiger partial charge in [0.15, 0.2) is 11.5 Å². The Balaban J connectivity index is 1.51. The maximum absolute atomic E-state index is 12.5. The quantitative estimate of drug-likeness (QED) is 0.699. The van der Waals surface area contributed by atoms with Gasteiger partial charge in [0, 0.05) is 24.9 Å². The fourth-order valence-electron chi connectivity index (χ4n) is 3.88. The van der Waals surface area contributed by atoms with Gasteiger partial charge in [0.25, 0.3) is 0 Å². The highest BCUT2D eigenvalue weighted by molar-refractivity contribution is 8.00. The molecule has 1 aliphatic carbocycles. The first kappa shape index (κ1) is 19.1. The van der Waals surface area contributed by atoms with Gasteiger partial charge in [-0.2, -0.15) is 0 Å². The summed E-state index contributed by atoms with van der Waals surface area (Å²) in [4.78, 5) is 18.8. The van der Waals surface area contributed by atoms with Crippen molar-refractivity contribution in [3.8, 4) is 11.5 Å². The molecule has 1 amide bonds. The van der Waals surface area contributed by atoms with E-state index in [0.717, 1.165) is 42.0 Å². The molecule has 0 radical (unpaired) electrons. The summed E-state index contributed by atoms with van der Waals surface area (Å²) < 4.78 is 11.7. The SMILES string of the molecule is COc1ccc(C2SCC(=O)N2CCc2ccccn2)cc1OC1CCCC1. The summed E-state index contributed by atoms with van der Waals surface area (Å²) in [6, 6.07) is 12.0. The molecule has 4 rings (SSSR count). The van der Waals surface area contributed by atoms with Crippen LogP contribution in [-0.2, 0) is 11.2 Å². The number of benzene rings is 1. The summed E-state index contributed by atoms with van der Waals surface area (Å²) in [5.74, 6) is 2.24. The van der Waals surface area contributed by atoms with Crippen molar-refractivity contribution in [2.75, 3.05) is 19.4 Å². The van der Waals surface area contributed by atoms with Gasteiger partial charge in [-0.3, -0.25) is 9.78 Å². The number of nitrogens with zero attached hydrogens (tertiary/aromatic N) is 2. The number of hydrogen-bond donors (Lipinski definition) is 0. The second-order valence-corrected chi connectivity index (χ2v) is 8.32. The summed E-state index contributed by atoms with van der Waals surface area (Å²) in [7, 11) is 1.67. The number of amides is 1. The second-order valence-electron chi connectivity index (χ2n) is 7.26. The first-order valence-electron chi connectivity index (χ1n) is 9.90. The number of aromatic nitrogens is 1. The van der Waals surface area contributed by atoms with Crippen molar-refractivity contribution < 1.29 is 14.3 Å². The fraction of sp³-hybridized carbons (Fsp3) is 0.455. The van der Waals surface area contributed by atoms with Crippen LogP contribution in [0.4, 0.5) is 0 Å². The summed E-state index contributed by atoms with van der Waals surface area (Å²) in [5, 5.41) is 0.00745. The van der Waals surface area contributed by atoms with Crippen LogP contribution in [0.5, 0.6) is 11.5 Å². The number of rotatable bonds is 7. The van der Waals surface area contributed by atoms with Crippen molar-refractivity contribution in [2.24, 2.45) is 0 Å². The molecule has 1 saturated carbocycles. The summed E-state index contributed by atoms with van der Waals surface area (Å²) in [5.41, 5.74) is 2.09. The highest BCUT2D eigenvalue weighted by Gasteiger charge is 2.33. The highest BCUT2D eigenvalue weighted by atomic mass is 32.2. The second kappa shape index (κ2) is 8.86. The smallest absolute Gasteiger partial charge is 0.233 e. The van der Waals surface area contributed by atoms with E-state index in [1.807, 2.05) is 35.2 Å². The third-order valence-electron chi connectivity index (χ3n) is 5.37. The molecule has 0 bridgehead atoms. The minimum atomic E-state index is 0.00745. The molecular weight excluding hydrogens is 372 g/mol. The monoisotopic (exact) mass is 398 g/mol. The van der Waals surface area contributed by atoms with Gasteiger partial charge in [0.1, 0.15) is 5.37 Å². The number of thioether (sulfide) groups is 1. The number of hydrogen-bond acceptors (Lipinski definition) is 5. The molecule has 28 heavy (non-hydrogen) atoms. The van der Waals surface area contributed by atoms with E-state index in [1.54, 1.807) is 25.1 Å². The Labute approximate surface area is 170 Å². The van der Waals surface area contributed by atoms with Gasteiger partial charge in [-0.15, -0.1) is 11.8 Å². The first-order chi connectivity index (χ1) is 13.7. The van der Waals surface area contributed by atoms with E-state index in [1.165, 1.54) is 12.8 Å². The topological polar surface area (TPSA) is 51.7 Å². The molecule has 2 aliphatic rings. The zero-order valence-electron chi connectivity index (χ0n) is 16.2. The molecule has 1 aromatic carbocycles. The average molecular weight is 399 g/mol. The van der Waals surface area contributed by atoms with Crippen LogP contribution in [0.2, 0.25) is 0 Å². The molecule has 6 heteroatoms. The van der Waals surface area contributed by atoms with Crippen LogP contribution < -0.4 is 9.47 Å². The maximum Gasteiger partial charge on any atom is 0.233 e. The van der Waals surface area contributed by atoms with Crippen molar-refractivity contribution in [3.63, 3.8) is 0 Å². The maximum atomic E-state index is 12.5. The highest BCUT2D eigenvalue weighted by Crippen LogP contribution is 2.42. The van der Waals surface area contributed by atoms with Crippen LogP contribution in [0.1, 0.15) is 42.3 Å². The third-order valence-corrected chi connectivity index (χ3v) is 6.63. The molecule has 0 N–H and O–H groups in total. The lowest BCUT2D eigenvalue weighted by Gasteiger charge is -2.25. The van der Waals surface area contributed by atoms with Gasteiger partial charge in [0.2, 0.25) is 5.91 Å². The Morgan fingerprint density at radius 1 is 1.18 bits per heavy atom. The number of carbonyl (C=O) groups excluding carboxylic acids is 1. The van der Waals surface area contributed by atoms with E-state index in [4.69, 9.17) is 9.47 Å². The predicted molar refractivity (Wildman–Crippen MR) is 111 cm³/mol. The third kappa shape index (κ3) is 4.27. The van der Waals surface area contributed by atoms with Crippen LogP contribution in [0.15, 0.2) is 42.6 Å². The van der Waals surface area contributed by atoms with Crippen molar-refractivity contribution in [1.29, 1.82) is 0 Å². The molecular formula is C22H26N2O3S. The van der Waals surface area contributed by atoms with Crippen molar-refractivity contribution in [1.82, 2.24) is 9.88 Å². The van der Waals surface area contributed by atoms with Crippen LogP contribution in [0.25, 0.3) is 0 Å². The van der Waals surface area contributed by atoms with E-state index in [-0.39, 0.29) is 17.4 Å². The zero-order chi connectivity index (χ0) is 19.3. The van der Waals surface area contributed by atoms with E-state index >= 15 is 0 Å². The van der Waals surface area contributed by atoms with Crippen LogP contribution in [0.3, 0.4) is 0 Å². The molecule has 1 atom stereocenters. The van der Waals surface area contributed by atoms with Crippen LogP contribution in [-0.4, -0.2) is 41.3 Å². The molecule has 1 unspecified atom stereocenters. The molecule has 1 aliphatic heterocycles. The molecule has 2 fully saturated rings.